The summed E-state index contributed by atoms with van der Waals surface area (Å²) in [6.07, 6.45) is 44.5. The topological polar surface area (TPSA) is 146 Å². The Labute approximate surface area is 356 Å². The van der Waals surface area contributed by atoms with Crippen molar-refractivity contribution in [2.45, 2.75) is 272 Å². The van der Waals surface area contributed by atoms with Gasteiger partial charge in [0.25, 0.3) is 0 Å². The smallest absolute Gasteiger partial charge is 0.550 e. The van der Waals surface area contributed by atoms with Gasteiger partial charge in [0, 0.05) is 17.9 Å². The zero-order valence-electron chi connectivity index (χ0n) is 36.6. The Balaban J connectivity index is -0.000000197. The zero-order valence-corrected chi connectivity index (χ0v) is 40.0. The first-order valence-corrected chi connectivity index (χ1v) is 23.0. The van der Waals surface area contributed by atoms with Crippen LogP contribution in [0.15, 0.2) is 0 Å². The molecule has 0 heterocycles. The molecule has 2 N–H and O–H groups in total. The van der Waals surface area contributed by atoms with Crippen molar-refractivity contribution in [3.05, 3.63) is 0 Å². The monoisotopic (exact) mass is 964 g/mol. The van der Waals surface area contributed by atoms with Crippen LogP contribution in [-0.4, -0.2) is 50.7 Å². The maximum atomic E-state index is 10.1. The van der Waals surface area contributed by atoms with E-state index in [0.717, 1.165) is 45.1 Å². The number of carboxylic acids is 3. The number of hydrogen-bond acceptors (Lipinski definition) is 7. The third-order valence-electron chi connectivity index (χ3n) is 9.51. The van der Waals surface area contributed by atoms with Crippen molar-refractivity contribution in [3.8, 4) is 0 Å². The fourth-order valence-corrected chi connectivity index (χ4v) is 6.02. The van der Waals surface area contributed by atoms with Crippen molar-refractivity contribution in [2.24, 2.45) is 5.73 Å². The van der Waals surface area contributed by atoms with Crippen molar-refractivity contribution in [2.75, 3.05) is 6.54 Å². The largest absolute Gasteiger partial charge is 3.00 e. The van der Waals surface area contributed by atoms with E-state index < -0.39 is 17.9 Å². The van der Waals surface area contributed by atoms with Gasteiger partial charge in [0.15, 0.2) is 0 Å². The number of carbonyl (C=O) groups is 3. The van der Waals surface area contributed by atoms with Gasteiger partial charge in [0.05, 0.1) is 0 Å². The molecule has 0 unspecified atom stereocenters. The second kappa shape index (κ2) is 61.5. The summed E-state index contributed by atoms with van der Waals surface area (Å²) in [5.74, 6) is -2.73. The molecule has 0 aliphatic rings. The molecule has 8 heteroatoms. The SMILES string of the molecule is CCCCCCCCCCCC(=O)[O-].CCCCCCCCCCCC(=O)[O-].CCCCCCCCCCCC(=O)[O-].CCCCCCCCCCN.[Bi+3]. The first-order valence-electron chi connectivity index (χ1n) is 23.0. The summed E-state index contributed by atoms with van der Waals surface area (Å²) >= 11 is 0. The fourth-order valence-electron chi connectivity index (χ4n) is 6.02. The minimum absolute atomic E-state index is 0. The molecular formula is C46H92BiNO6. The third-order valence-corrected chi connectivity index (χ3v) is 9.51. The van der Waals surface area contributed by atoms with Gasteiger partial charge in [-0.25, -0.2) is 0 Å². The number of rotatable bonds is 38. The van der Waals surface area contributed by atoms with E-state index in [4.69, 9.17) is 5.73 Å². The van der Waals surface area contributed by atoms with Gasteiger partial charge in [-0.05, 0) is 51.5 Å². The van der Waals surface area contributed by atoms with E-state index in [1.165, 1.54) is 186 Å². The van der Waals surface area contributed by atoms with Crippen molar-refractivity contribution >= 4 is 44.1 Å². The summed E-state index contributed by atoms with van der Waals surface area (Å²) in [4.78, 5) is 30.3. The van der Waals surface area contributed by atoms with Crippen LogP contribution in [0.3, 0.4) is 0 Å². The Morgan fingerprint density at radius 3 is 0.593 bits per heavy atom. The Morgan fingerprint density at radius 2 is 0.444 bits per heavy atom. The van der Waals surface area contributed by atoms with E-state index in [1.54, 1.807) is 0 Å². The van der Waals surface area contributed by atoms with Crippen molar-refractivity contribution in [1.29, 1.82) is 0 Å². The third kappa shape index (κ3) is 79.9. The minimum atomic E-state index is -0.909. The molecule has 0 rings (SSSR count). The van der Waals surface area contributed by atoms with Gasteiger partial charge in [0.2, 0.25) is 0 Å². The predicted octanol–water partition coefficient (Wildman–Crippen LogP) is 10.7. The fraction of sp³-hybridized carbons (Fsp3) is 0.935. The van der Waals surface area contributed by atoms with E-state index >= 15 is 0 Å². The molecule has 0 aliphatic heterocycles. The van der Waals surface area contributed by atoms with Crippen molar-refractivity contribution in [1.82, 2.24) is 0 Å². The molecule has 0 aromatic rings. The molecular weight excluding hydrogens is 871 g/mol. The van der Waals surface area contributed by atoms with Crippen LogP contribution in [0.25, 0.3) is 0 Å². The summed E-state index contributed by atoms with van der Waals surface area (Å²) < 4.78 is 0. The van der Waals surface area contributed by atoms with E-state index in [2.05, 4.69) is 27.7 Å². The molecule has 7 nitrogen and oxygen atoms in total. The van der Waals surface area contributed by atoms with Crippen molar-refractivity contribution in [3.63, 3.8) is 0 Å². The molecule has 0 atom stereocenters. The van der Waals surface area contributed by atoms with Gasteiger partial charge < -0.3 is 35.4 Å². The molecule has 0 spiro atoms. The molecule has 322 valence electrons. The maximum Gasteiger partial charge on any atom is 3.00 e. The van der Waals surface area contributed by atoms with E-state index in [1.807, 2.05) is 0 Å². The summed E-state index contributed by atoms with van der Waals surface area (Å²) in [5, 5.41) is 30.3. The summed E-state index contributed by atoms with van der Waals surface area (Å²) in [6, 6.07) is 0. The molecule has 0 aromatic carbocycles. The molecule has 54 heavy (non-hydrogen) atoms. The summed E-state index contributed by atoms with van der Waals surface area (Å²) in [5.41, 5.74) is 5.39. The Kier molecular flexibility index (Phi) is 71.1. The van der Waals surface area contributed by atoms with Gasteiger partial charge in [0.1, 0.15) is 0 Å². The van der Waals surface area contributed by atoms with E-state index in [0.29, 0.717) is 0 Å². The quantitative estimate of drug-likeness (QED) is 0.0479. The average molecular weight is 964 g/mol. The van der Waals surface area contributed by atoms with Crippen LogP contribution in [-0.2, 0) is 14.4 Å². The van der Waals surface area contributed by atoms with Crippen LogP contribution < -0.4 is 21.1 Å². The first kappa shape index (κ1) is 62.4. The zero-order chi connectivity index (χ0) is 40.3. The average Bonchev–Trinajstić information content (AvgIpc) is 3.13. The molecule has 0 bridgehead atoms. The number of carbonyl (C=O) groups excluding carboxylic acids is 3. The number of aliphatic carboxylic acids is 3. The first-order chi connectivity index (χ1) is 25.7. The summed E-state index contributed by atoms with van der Waals surface area (Å²) in [7, 11) is 0. The minimum Gasteiger partial charge on any atom is -0.550 e. The Hall–Kier alpha value is -0.747. The number of unbranched alkanes of at least 4 members (excludes halogenated alkanes) is 31. The number of carboxylic acid groups (broad SMARTS) is 3. The molecule has 0 aromatic heterocycles. The van der Waals surface area contributed by atoms with Gasteiger partial charge in [-0.1, -0.05) is 227 Å². The Morgan fingerprint density at radius 1 is 0.296 bits per heavy atom. The molecule has 2 radical (unpaired) electrons. The molecule has 0 fully saturated rings. The van der Waals surface area contributed by atoms with Crippen LogP contribution in [0.4, 0.5) is 0 Å². The molecule has 0 amide bonds. The van der Waals surface area contributed by atoms with Crippen molar-refractivity contribution < 1.29 is 29.7 Å². The second-order valence-corrected chi connectivity index (χ2v) is 15.1. The standard InChI is InChI=1S/3C12H24O2.C10H23N.Bi/c3*1-2-3-4-5-6-7-8-9-10-11-12(13)14;1-2-3-4-5-6-7-8-9-10-11;/h3*2-11H2,1H3,(H,13,14);2-11H2,1H3;/q;;;;+3/p-3. The summed E-state index contributed by atoms with van der Waals surface area (Å²) in [6.45, 7) is 9.79. The Bertz CT molecular complexity index is 610. The van der Waals surface area contributed by atoms with E-state index in [9.17, 15) is 29.7 Å². The van der Waals surface area contributed by atoms with Crippen LogP contribution in [0.5, 0.6) is 0 Å². The van der Waals surface area contributed by atoms with Crippen LogP contribution in [0, 0.1) is 0 Å². The second-order valence-electron chi connectivity index (χ2n) is 15.1. The number of hydrogen-bond donors (Lipinski definition) is 1. The van der Waals surface area contributed by atoms with Gasteiger partial charge >= 0.3 is 26.2 Å². The molecule has 0 saturated heterocycles. The molecule has 0 aliphatic carbocycles. The van der Waals surface area contributed by atoms with Crippen LogP contribution >= 0.6 is 0 Å². The van der Waals surface area contributed by atoms with Crippen LogP contribution in [0.1, 0.15) is 272 Å². The number of nitrogens with two attached hydrogens (primary N) is 1. The van der Waals surface area contributed by atoms with Gasteiger partial charge in [-0.2, -0.15) is 0 Å². The van der Waals surface area contributed by atoms with Crippen LogP contribution in [0.2, 0.25) is 0 Å². The maximum absolute atomic E-state index is 10.1. The van der Waals surface area contributed by atoms with E-state index in [-0.39, 0.29) is 45.5 Å². The van der Waals surface area contributed by atoms with Gasteiger partial charge in [-0.15, -0.1) is 0 Å². The van der Waals surface area contributed by atoms with Gasteiger partial charge in [-0.3, -0.25) is 0 Å². The predicted molar refractivity (Wildman–Crippen MR) is 228 cm³/mol. The normalized spacial score (nSPS) is 10.2. The molecule has 0 saturated carbocycles.